The maximum Gasteiger partial charge on any atom is 0.340 e. The third kappa shape index (κ3) is 3.71. The van der Waals surface area contributed by atoms with Crippen LogP contribution >= 0.6 is 0 Å². The molecular weight excluding hydrogens is 200 g/mol. The van der Waals surface area contributed by atoms with Gasteiger partial charge in [-0.2, -0.15) is 8.42 Å². The molecule has 6 nitrogen and oxygen atoms in total. The molecule has 0 saturated carbocycles. The van der Waals surface area contributed by atoms with Crippen molar-refractivity contribution < 1.29 is 28.0 Å². The Morgan fingerprint density at radius 3 is 2.08 bits per heavy atom. The Hall–Kier alpha value is -0.660. The van der Waals surface area contributed by atoms with Crippen molar-refractivity contribution in [2.24, 2.45) is 0 Å². The highest BCUT2D eigenvalue weighted by atomic mass is 32.2. The third-order valence-corrected chi connectivity index (χ3v) is 2.61. The molecule has 0 saturated heterocycles. The molecule has 0 rings (SSSR count). The summed E-state index contributed by atoms with van der Waals surface area (Å²) in [5, 5.41) is 15.4. The summed E-state index contributed by atoms with van der Waals surface area (Å²) in [6, 6.07) is 0. The lowest BCUT2D eigenvalue weighted by molar-refractivity contribution is -0.139. The summed E-state index contributed by atoms with van der Waals surface area (Å²) in [5.74, 6) is -1.74. The number of aliphatic hydroxyl groups excluding tert-OH is 1. The van der Waals surface area contributed by atoms with E-state index in [9.17, 15) is 13.2 Å². The number of hydrogen-bond acceptors (Lipinski definition) is 4. The number of aliphatic carboxylic acids is 1. The molecule has 0 fully saturated rings. The molecule has 0 aliphatic carbocycles. The molecule has 0 amide bonds. The molecule has 0 aromatic carbocycles. The Morgan fingerprint density at radius 2 is 1.85 bits per heavy atom. The molecule has 1 unspecified atom stereocenters. The summed E-state index contributed by atoms with van der Waals surface area (Å²) in [7, 11) is -4.54. The van der Waals surface area contributed by atoms with E-state index in [0.717, 1.165) is 0 Å². The zero-order valence-corrected chi connectivity index (χ0v) is 7.78. The normalized spacial score (nSPS) is 14.5. The van der Waals surface area contributed by atoms with Crippen LogP contribution in [0.2, 0.25) is 0 Å². The van der Waals surface area contributed by atoms with Crippen LogP contribution in [0.25, 0.3) is 0 Å². The van der Waals surface area contributed by atoms with Crippen molar-refractivity contribution in [3.8, 4) is 0 Å². The SMILES string of the molecule is CCCC([C](O)C(=O)O)S(=O)(=O)O. The molecule has 0 spiro atoms. The smallest absolute Gasteiger partial charge is 0.340 e. The summed E-state index contributed by atoms with van der Waals surface area (Å²) in [4.78, 5) is 10.2. The maximum atomic E-state index is 10.6. The third-order valence-electron chi connectivity index (χ3n) is 1.43. The first-order valence-electron chi connectivity index (χ1n) is 3.56. The van der Waals surface area contributed by atoms with E-state index in [4.69, 9.17) is 14.8 Å². The molecule has 3 N–H and O–H groups in total. The van der Waals surface area contributed by atoms with Gasteiger partial charge < -0.3 is 10.2 Å². The van der Waals surface area contributed by atoms with Crippen LogP contribution in [0.4, 0.5) is 0 Å². The number of carboxylic acid groups (broad SMARTS) is 1. The Morgan fingerprint density at radius 1 is 1.38 bits per heavy atom. The zero-order chi connectivity index (χ0) is 10.6. The summed E-state index contributed by atoms with van der Waals surface area (Å²) in [6.45, 7) is 1.60. The number of hydrogen-bond donors (Lipinski definition) is 3. The summed E-state index contributed by atoms with van der Waals surface area (Å²) in [6.07, 6.45) is -1.04. The fraction of sp³-hybridized carbons (Fsp3) is 0.667. The second-order valence-corrected chi connectivity index (χ2v) is 4.08. The Labute approximate surface area is 75.9 Å². The molecule has 0 aliphatic rings. The Balaban J connectivity index is 4.72. The first kappa shape index (κ1) is 12.3. The lowest BCUT2D eigenvalue weighted by Crippen LogP contribution is -2.32. The predicted molar refractivity (Wildman–Crippen MR) is 43.1 cm³/mol. The Bertz CT molecular complexity index is 269. The number of rotatable bonds is 5. The lowest BCUT2D eigenvalue weighted by Gasteiger charge is -2.14. The molecule has 0 heterocycles. The fourth-order valence-corrected chi connectivity index (χ4v) is 1.74. The molecule has 0 aromatic rings. The van der Waals surface area contributed by atoms with Gasteiger partial charge in [0.05, 0.1) is 0 Å². The van der Waals surface area contributed by atoms with Crippen LogP contribution in [0.3, 0.4) is 0 Å². The highest BCUT2D eigenvalue weighted by molar-refractivity contribution is 7.86. The molecule has 0 aliphatic heterocycles. The molecular formula is C6H11O6S. The Kier molecular flexibility index (Phi) is 4.31. The van der Waals surface area contributed by atoms with E-state index in [-0.39, 0.29) is 6.42 Å². The number of carbonyl (C=O) groups is 1. The van der Waals surface area contributed by atoms with Crippen LogP contribution in [0.5, 0.6) is 0 Å². The van der Waals surface area contributed by atoms with Gasteiger partial charge in [-0.25, -0.2) is 4.79 Å². The molecule has 0 aromatic heterocycles. The van der Waals surface area contributed by atoms with E-state index < -0.39 is 27.4 Å². The maximum absolute atomic E-state index is 10.6. The average Bonchev–Trinajstić information content (AvgIpc) is 1.96. The van der Waals surface area contributed by atoms with Crippen LogP contribution in [0.1, 0.15) is 19.8 Å². The van der Waals surface area contributed by atoms with Crippen LogP contribution in [-0.4, -0.2) is 34.4 Å². The highest BCUT2D eigenvalue weighted by Crippen LogP contribution is 2.17. The second-order valence-electron chi connectivity index (χ2n) is 2.48. The van der Waals surface area contributed by atoms with Crippen molar-refractivity contribution in [2.75, 3.05) is 0 Å². The molecule has 77 valence electrons. The lowest BCUT2D eigenvalue weighted by atomic mass is 10.1. The second kappa shape index (κ2) is 4.54. The monoisotopic (exact) mass is 211 g/mol. The van der Waals surface area contributed by atoms with E-state index >= 15 is 0 Å². The van der Waals surface area contributed by atoms with Crippen LogP contribution < -0.4 is 0 Å². The largest absolute Gasteiger partial charge is 0.479 e. The van der Waals surface area contributed by atoms with E-state index in [0.29, 0.717) is 6.42 Å². The number of aliphatic hydroxyl groups is 1. The zero-order valence-electron chi connectivity index (χ0n) is 6.97. The number of carboxylic acids is 1. The van der Waals surface area contributed by atoms with Gasteiger partial charge in [-0.1, -0.05) is 13.3 Å². The van der Waals surface area contributed by atoms with Gasteiger partial charge in [0.2, 0.25) is 6.10 Å². The summed E-state index contributed by atoms with van der Waals surface area (Å²) >= 11 is 0. The predicted octanol–water partition coefficient (Wildman–Crippen LogP) is 0.0320. The van der Waals surface area contributed by atoms with Gasteiger partial charge in [0.25, 0.3) is 10.1 Å². The van der Waals surface area contributed by atoms with Gasteiger partial charge >= 0.3 is 5.97 Å². The van der Waals surface area contributed by atoms with E-state index in [1.807, 2.05) is 0 Å². The summed E-state index contributed by atoms with van der Waals surface area (Å²) in [5.41, 5.74) is 0. The average molecular weight is 211 g/mol. The topological polar surface area (TPSA) is 112 Å². The molecule has 0 bridgehead atoms. The van der Waals surface area contributed by atoms with Crippen molar-refractivity contribution >= 4 is 16.1 Å². The standard InChI is InChI=1S/C6H11O6S/c1-2-3-4(13(10,11)12)5(7)6(8)9/h4,7H,2-3H2,1H3,(H,8,9)(H,10,11,12). The van der Waals surface area contributed by atoms with Gasteiger partial charge in [-0.05, 0) is 6.42 Å². The van der Waals surface area contributed by atoms with Gasteiger partial charge in [-0.15, -0.1) is 0 Å². The minimum atomic E-state index is -4.54. The van der Waals surface area contributed by atoms with Gasteiger partial charge in [0.1, 0.15) is 5.25 Å². The van der Waals surface area contributed by atoms with E-state index in [1.165, 1.54) is 0 Å². The summed E-state index contributed by atoms with van der Waals surface area (Å²) < 4.78 is 29.7. The van der Waals surface area contributed by atoms with Gasteiger partial charge in [0, 0.05) is 0 Å². The minimum absolute atomic E-state index is 0.128. The quantitative estimate of drug-likeness (QED) is 0.553. The van der Waals surface area contributed by atoms with Crippen molar-refractivity contribution in [2.45, 2.75) is 25.0 Å². The first-order valence-corrected chi connectivity index (χ1v) is 5.06. The van der Waals surface area contributed by atoms with E-state index in [1.54, 1.807) is 6.92 Å². The highest BCUT2D eigenvalue weighted by Gasteiger charge is 2.36. The van der Waals surface area contributed by atoms with Crippen molar-refractivity contribution in [3.05, 3.63) is 6.10 Å². The van der Waals surface area contributed by atoms with Crippen molar-refractivity contribution in [1.29, 1.82) is 0 Å². The molecule has 1 radical (unpaired) electrons. The van der Waals surface area contributed by atoms with Crippen LogP contribution in [0.15, 0.2) is 0 Å². The first-order chi connectivity index (χ1) is 5.80. The molecule has 7 heteroatoms. The van der Waals surface area contributed by atoms with Gasteiger partial charge in [0.15, 0.2) is 0 Å². The van der Waals surface area contributed by atoms with Gasteiger partial charge in [-0.3, -0.25) is 4.55 Å². The van der Waals surface area contributed by atoms with Crippen LogP contribution in [0, 0.1) is 6.10 Å². The van der Waals surface area contributed by atoms with Crippen LogP contribution in [-0.2, 0) is 14.9 Å². The fourth-order valence-electron chi connectivity index (χ4n) is 0.827. The minimum Gasteiger partial charge on any atom is -0.479 e. The van der Waals surface area contributed by atoms with Crippen molar-refractivity contribution in [1.82, 2.24) is 0 Å². The van der Waals surface area contributed by atoms with Crippen molar-refractivity contribution in [3.63, 3.8) is 0 Å². The molecule has 13 heavy (non-hydrogen) atoms. The van der Waals surface area contributed by atoms with E-state index in [2.05, 4.69) is 0 Å². The molecule has 1 atom stereocenters.